The van der Waals surface area contributed by atoms with Gasteiger partial charge in [0.05, 0.1) is 45.5 Å². The van der Waals surface area contributed by atoms with Gasteiger partial charge in [0.25, 0.3) is 0 Å². The van der Waals surface area contributed by atoms with Gasteiger partial charge < -0.3 is 40.3 Å². The Bertz CT molecular complexity index is 2240. The molecule has 2 aromatic heterocycles. The van der Waals surface area contributed by atoms with Crippen LogP contribution in [0.4, 0.5) is 22.7 Å². The van der Waals surface area contributed by atoms with E-state index in [-0.39, 0.29) is 6.42 Å². The molecule has 0 unspecified atom stereocenters. The maximum absolute atomic E-state index is 9.26. The van der Waals surface area contributed by atoms with Gasteiger partial charge in [0, 0.05) is 41.6 Å². The van der Waals surface area contributed by atoms with E-state index in [4.69, 9.17) is 19.7 Å². The van der Waals surface area contributed by atoms with Crippen LogP contribution in [0, 0.1) is 0 Å². The van der Waals surface area contributed by atoms with Crippen LogP contribution in [0.25, 0.3) is 43.6 Å². The largest absolute Gasteiger partial charge is 0.550 e. The van der Waals surface area contributed by atoms with Crippen molar-refractivity contribution in [3.8, 4) is 11.5 Å². The van der Waals surface area contributed by atoms with Crippen LogP contribution in [0.15, 0.2) is 146 Å². The summed E-state index contributed by atoms with van der Waals surface area (Å²) in [6.45, 7) is 0.648. The van der Waals surface area contributed by atoms with E-state index in [0.29, 0.717) is 0 Å². The smallest absolute Gasteiger partial charge is 0.213 e. The van der Waals surface area contributed by atoms with Gasteiger partial charge in [-0.2, -0.15) is 0 Å². The number of aromatic amines is 2. The van der Waals surface area contributed by atoms with Crippen molar-refractivity contribution in [1.29, 1.82) is 0 Å². The van der Waals surface area contributed by atoms with E-state index in [1.807, 2.05) is 48.5 Å². The Morgan fingerprint density at radius 2 is 0.811 bits per heavy atom. The zero-order chi connectivity index (χ0) is 37.2. The first kappa shape index (κ1) is 35.8. The highest BCUT2D eigenvalue weighted by Gasteiger charge is 2.15. The summed E-state index contributed by atoms with van der Waals surface area (Å²) in [7, 11) is 0. The zero-order valence-corrected chi connectivity index (χ0v) is 28.8. The molecule has 0 saturated heterocycles. The number of rotatable bonds is 8. The number of carbonyl (C=O) groups is 2. The van der Waals surface area contributed by atoms with Crippen LogP contribution in [0.2, 0.25) is 0 Å². The molecule has 53 heavy (non-hydrogen) atoms. The number of carbonyl (C=O) groups excluding carboxylic acids is 2. The SMILES string of the molecule is CCC(=O)[O-].O=C([O-])CO.c1ccc2c(Nc3ccc(Oc4ccc(Nc5c6ccccc6[nH+]c6ccccc56)cc4)cc3)c3ccccc3[nH+]c2c1. The van der Waals surface area contributed by atoms with Crippen molar-refractivity contribution in [1.82, 2.24) is 0 Å². The summed E-state index contributed by atoms with van der Waals surface area (Å²) in [6, 6.07) is 49.6. The monoisotopic (exact) mass is 704 g/mol. The summed E-state index contributed by atoms with van der Waals surface area (Å²) < 4.78 is 6.20. The van der Waals surface area contributed by atoms with Crippen LogP contribution >= 0.6 is 0 Å². The standard InChI is InChI=1S/C38H26N4O.C3H6O2.C2H4O3/c1-5-13-33-29(9-1)37(30-10-2-6-14-34(30)41-33)39-25-17-21-27(22-18-25)43-28-23-19-26(20-24-28)40-38-31-11-3-7-15-35(31)42-36-16-8-4-12-32(36)38;1-2-3(4)5;3-1-2(4)5/h1-24H,(H,39,41)(H,40,42);2H2,1H3,(H,4,5);3H,1H2,(H,4,5). The second-order valence-corrected chi connectivity index (χ2v) is 11.8. The molecule has 0 radical (unpaired) electrons. The number of hydrogen-bond donors (Lipinski definition) is 3. The summed E-state index contributed by atoms with van der Waals surface area (Å²) in [6.07, 6.45) is 0.111. The molecule has 0 aliphatic carbocycles. The lowest BCUT2D eigenvalue weighted by molar-refractivity contribution is -0.310. The Morgan fingerprint density at radius 1 is 0.528 bits per heavy atom. The van der Waals surface area contributed by atoms with E-state index in [2.05, 4.69) is 118 Å². The highest BCUT2D eigenvalue weighted by Crippen LogP contribution is 2.34. The number of nitrogens with one attached hydrogen (secondary N) is 4. The summed E-state index contributed by atoms with van der Waals surface area (Å²) in [5, 5.41) is 37.6. The van der Waals surface area contributed by atoms with E-state index < -0.39 is 18.5 Å². The molecule has 264 valence electrons. The number of anilines is 4. The molecule has 0 saturated carbocycles. The Balaban J connectivity index is 0.000000428. The lowest BCUT2D eigenvalue weighted by Gasteiger charge is -2.13. The van der Waals surface area contributed by atoms with Gasteiger partial charge in [0.2, 0.25) is 22.1 Å². The van der Waals surface area contributed by atoms with Crippen molar-refractivity contribution >= 4 is 78.3 Å². The van der Waals surface area contributed by atoms with Crippen molar-refractivity contribution in [2.75, 3.05) is 17.2 Å². The summed E-state index contributed by atoms with van der Waals surface area (Å²) >= 11 is 0. The first-order valence-electron chi connectivity index (χ1n) is 16.9. The number of pyridine rings is 2. The van der Waals surface area contributed by atoms with E-state index in [1.165, 1.54) is 6.92 Å². The molecular weight excluding hydrogens is 668 g/mol. The molecule has 10 nitrogen and oxygen atoms in total. The highest BCUT2D eigenvalue weighted by atomic mass is 16.5. The topological polar surface area (TPSA) is 162 Å². The number of aliphatic hydroxyl groups is 1. The number of fused-ring (bicyclic) bond motifs is 4. The molecule has 0 aliphatic rings. The minimum Gasteiger partial charge on any atom is -0.550 e. The fourth-order valence-corrected chi connectivity index (χ4v) is 5.73. The lowest BCUT2D eigenvalue weighted by atomic mass is 10.1. The van der Waals surface area contributed by atoms with Crippen molar-refractivity contribution in [3.05, 3.63) is 146 Å². The second kappa shape index (κ2) is 16.8. The molecule has 2 heterocycles. The molecule has 6 aromatic carbocycles. The molecule has 0 atom stereocenters. The normalized spacial score (nSPS) is 10.5. The Kier molecular flexibility index (Phi) is 11.3. The average Bonchev–Trinajstić information content (AvgIpc) is 3.19. The molecule has 0 aliphatic heterocycles. The lowest BCUT2D eigenvalue weighted by Crippen LogP contribution is -2.25. The van der Waals surface area contributed by atoms with Crippen LogP contribution in [0.3, 0.4) is 0 Å². The summed E-state index contributed by atoms with van der Waals surface area (Å²) in [5.74, 6) is -0.883. The average molecular weight is 705 g/mol. The third kappa shape index (κ3) is 8.83. The van der Waals surface area contributed by atoms with Crippen LogP contribution in [-0.4, -0.2) is 23.7 Å². The van der Waals surface area contributed by atoms with E-state index >= 15 is 0 Å². The Labute approximate surface area is 305 Å². The number of carboxylic acids is 2. The summed E-state index contributed by atoms with van der Waals surface area (Å²) in [4.78, 5) is 25.3. The number of ether oxygens (including phenoxy) is 1. The molecule has 5 N–H and O–H groups in total. The van der Waals surface area contributed by atoms with Crippen molar-refractivity contribution in [3.63, 3.8) is 0 Å². The maximum atomic E-state index is 9.26. The van der Waals surface area contributed by atoms with Crippen molar-refractivity contribution < 1.29 is 39.6 Å². The quantitative estimate of drug-likeness (QED) is 0.160. The summed E-state index contributed by atoms with van der Waals surface area (Å²) in [5.41, 5.74) is 8.52. The van der Waals surface area contributed by atoms with Gasteiger partial charge in [0.1, 0.15) is 11.5 Å². The fraction of sp³-hybridized carbons (Fsp3) is 0.0698. The third-order valence-corrected chi connectivity index (χ3v) is 8.23. The number of hydrogen-bond acceptors (Lipinski definition) is 8. The van der Waals surface area contributed by atoms with Gasteiger partial charge in [-0.1, -0.05) is 55.5 Å². The van der Waals surface area contributed by atoms with Crippen LogP contribution < -0.4 is 35.6 Å². The van der Waals surface area contributed by atoms with E-state index in [1.54, 1.807) is 0 Å². The van der Waals surface area contributed by atoms with Crippen molar-refractivity contribution in [2.45, 2.75) is 13.3 Å². The molecule has 0 bridgehead atoms. The first-order chi connectivity index (χ1) is 25.8. The minimum atomic E-state index is -1.44. The molecule has 8 aromatic rings. The third-order valence-electron chi connectivity index (χ3n) is 8.23. The number of para-hydroxylation sites is 4. The maximum Gasteiger partial charge on any atom is 0.213 e. The van der Waals surface area contributed by atoms with E-state index in [9.17, 15) is 9.90 Å². The van der Waals surface area contributed by atoms with E-state index in [0.717, 1.165) is 77.9 Å². The fourth-order valence-electron chi connectivity index (χ4n) is 5.73. The molecule has 0 amide bonds. The first-order valence-corrected chi connectivity index (χ1v) is 16.9. The van der Waals surface area contributed by atoms with Crippen LogP contribution in [0.1, 0.15) is 13.3 Å². The Hall–Kier alpha value is -7.04. The van der Waals surface area contributed by atoms with Gasteiger partial charge >= 0.3 is 0 Å². The van der Waals surface area contributed by atoms with Gasteiger partial charge in [-0.05, 0) is 79.2 Å². The number of aromatic nitrogens is 2. The van der Waals surface area contributed by atoms with Crippen LogP contribution in [0.5, 0.6) is 11.5 Å². The number of aliphatic hydroxyl groups excluding tert-OH is 1. The number of benzene rings is 6. The predicted molar refractivity (Wildman–Crippen MR) is 203 cm³/mol. The molecule has 0 spiro atoms. The predicted octanol–water partition coefficient (Wildman–Crippen LogP) is 6.08. The minimum absolute atomic E-state index is 0.111. The Morgan fingerprint density at radius 3 is 1.08 bits per heavy atom. The van der Waals surface area contributed by atoms with Crippen molar-refractivity contribution in [2.24, 2.45) is 0 Å². The number of aliphatic carboxylic acids is 2. The van der Waals surface area contributed by atoms with Gasteiger partial charge in [-0.15, -0.1) is 0 Å². The van der Waals surface area contributed by atoms with Crippen LogP contribution in [-0.2, 0) is 9.59 Å². The number of carboxylic acid groups (broad SMARTS) is 2. The number of H-pyrrole nitrogens is 2. The van der Waals surface area contributed by atoms with Gasteiger partial charge in [0.15, 0.2) is 0 Å². The molecule has 10 heteroatoms. The van der Waals surface area contributed by atoms with Gasteiger partial charge in [-0.25, -0.2) is 9.97 Å². The molecule has 8 rings (SSSR count). The van der Waals surface area contributed by atoms with Gasteiger partial charge in [-0.3, -0.25) is 0 Å². The zero-order valence-electron chi connectivity index (χ0n) is 28.8. The highest BCUT2D eigenvalue weighted by molar-refractivity contribution is 6.07. The molecule has 0 fully saturated rings. The second-order valence-electron chi connectivity index (χ2n) is 11.8. The molecular formula is C43H36N4O6.